The predicted molar refractivity (Wildman–Crippen MR) is 140 cm³/mol. The lowest BCUT2D eigenvalue weighted by atomic mass is 9.86. The molecule has 4 rings (SSSR count). The number of nitrogens with one attached hydrogen (secondary N) is 1. The monoisotopic (exact) mass is 454 g/mol. The first-order chi connectivity index (χ1) is 16.2. The first-order valence-corrected chi connectivity index (χ1v) is 11.9. The Morgan fingerprint density at radius 1 is 0.912 bits per heavy atom. The van der Waals surface area contributed by atoms with E-state index in [1.807, 2.05) is 48.5 Å². The van der Waals surface area contributed by atoms with E-state index in [1.54, 1.807) is 0 Å². The molecule has 2 N–H and O–H groups in total. The van der Waals surface area contributed by atoms with E-state index in [0.29, 0.717) is 18.7 Å². The number of aromatic nitrogens is 1. The summed E-state index contributed by atoms with van der Waals surface area (Å²) < 4.78 is 0. The minimum absolute atomic E-state index is 0.0331. The van der Waals surface area contributed by atoms with E-state index in [9.17, 15) is 9.90 Å². The summed E-state index contributed by atoms with van der Waals surface area (Å²) in [5.41, 5.74) is 6.15. The summed E-state index contributed by atoms with van der Waals surface area (Å²) in [5, 5.41) is 11.4. The lowest BCUT2D eigenvalue weighted by Crippen LogP contribution is -2.32. The summed E-state index contributed by atoms with van der Waals surface area (Å²) in [6.07, 6.45) is 0. The van der Waals surface area contributed by atoms with Crippen molar-refractivity contribution < 1.29 is 5.11 Å². The summed E-state index contributed by atoms with van der Waals surface area (Å²) in [5.74, 6) is 0. The van der Waals surface area contributed by atoms with Gasteiger partial charge in [-0.05, 0) is 52.6 Å². The Bertz CT molecular complexity index is 1300. The third-order valence-electron chi connectivity index (χ3n) is 6.45. The van der Waals surface area contributed by atoms with Crippen LogP contribution in [0.15, 0.2) is 83.7 Å². The van der Waals surface area contributed by atoms with E-state index >= 15 is 0 Å². The molecule has 0 fully saturated rings. The Balaban J connectivity index is 1.71. The largest absolute Gasteiger partial charge is 0.394 e. The third kappa shape index (κ3) is 5.46. The number of pyridine rings is 1. The van der Waals surface area contributed by atoms with Crippen molar-refractivity contribution in [1.29, 1.82) is 0 Å². The molecule has 0 saturated carbocycles. The normalized spacial score (nSPS) is 12.9. The molecule has 34 heavy (non-hydrogen) atoms. The maximum Gasteiger partial charge on any atom is 0.252 e. The van der Waals surface area contributed by atoms with Gasteiger partial charge in [-0.1, -0.05) is 87.0 Å². The molecular formula is C30H34N2O2. The van der Waals surface area contributed by atoms with Gasteiger partial charge in [0.25, 0.3) is 5.56 Å². The third-order valence-corrected chi connectivity index (χ3v) is 6.45. The molecule has 0 unspecified atom stereocenters. The Morgan fingerprint density at radius 3 is 2.26 bits per heavy atom. The van der Waals surface area contributed by atoms with Crippen LogP contribution in [0.3, 0.4) is 0 Å². The molecule has 1 atom stereocenters. The molecular weight excluding hydrogens is 420 g/mol. The van der Waals surface area contributed by atoms with Crippen LogP contribution in [-0.4, -0.2) is 21.6 Å². The zero-order valence-electron chi connectivity index (χ0n) is 20.5. The highest BCUT2D eigenvalue weighted by atomic mass is 16.3. The van der Waals surface area contributed by atoms with Crippen molar-refractivity contribution in [3.05, 3.63) is 117 Å². The van der Waals surface area contributed by atoms with Crippen molar-refractivity contribution in [3.63, 3.8) is 0 Å². The number of H-pyrrole nitrogens is 1. The first kappa shape index (κ1) is 23.9. The second kappa shape index (κ2) is 9.96. The van der Waals surface area contributed by atoms with E-state index in [-0.39, 0.29) is 23.6 Å². The molecule has 0 radical (unpaired) electrons. The molecule has 4 heteroatoms. The van der Waals surface area contributed by atoms with Crippen LogP contribution in [0.25, 0.3) is 10.9 Å². The highest BCUT2D eigenvalue weighted by molar-refractivity contribution is 5.79. The number of aryl methyl sites for hydroxylation is 1. The molecule has 3 aromatic carbocycles. The van der Waals surface area contributed by atoms with E-state index < -0.39 is 0 Å². The minimum atomic E-state index is -0.226. The Labute approximate surface area is 201 Å². The fraction of sp³-hybridized carbons (Fsp3) is 0.300. The second-order valence-electron chi connectivity index (χ2n) is 10.2. The van der Waals surface area contributed by atoms with Gasteiger partial charge in [-0.2, -0.15) is 0 Å². The van der Waals surface area contributed by atoms with Crippen molar-refractivity contribution in [2.45, 2.75) is 52.2 Å². The number of aromatic amines is 1. The number of hydrogen-bond donors (Lipinski definition) is 2. The number of nitrogens with zero attached hydrogens (tertiary/aromatic N) is 1. The van der Waals surface area contributed by atoms with E-state index in [0.717, 1.165) is 27.6 Å². The zero-order valence-corrected chi connectivity index (χ0v) is 20.5. The van der Waals surface area contributed by atoms with Crippen LogP contribution in [0.5, 0.6) is 0 Å². The molecule has 0 aliphatic carbocycles. The highest BCUT2D eigenvalue weighted by Gasteiger charge is 2.22. The highest BCUT2D eigenvalue weighted by Crippen LogP contribution is 2.27. The molecule has 0 saturated heterocycles. The average Bonchev–Trinajstić information content (AvgIpc) is 2.81. The van der Waals surface area contributed by atoms with Gasteiger partial charge >= 0.3 is 0 Å². The fourth-order valence-electron chi connectivity index (χ4n) is 4.44. The Kier molecular flexibility index (Phi) is 7.01. The van der Waals surface area contributed by atoms with Crippen LogP contribution in [0.2, 0.25) is 0 Å². The molecule has 176 valence electrons. The number of aliphatic hydroxyl groups is 1. The van der Waals surface area contributed by atoms with Crippen molar-refractivity contribution >= 4 is 10.9 Å². The lowest BCUT2D eigenvalue weighted by Gasteiger charge is -2.31. The van der Waals surface area contributed by atoms with E-state index in [4.69, 9.17) is 0 Å². The second-order valence-corrected chi connectivity index (χ2v) is 10.2. The van der Waals surface area contributed by atoms with Gasteiger partial charge in [0.1, 0.15) is 0 Å². The van der Waals surface area contributed by atoms with Crippen LogP contribution in [0.1, 0.15) is 54.6 Å². The number of hydrogen-bond acceptors (Lipinski definition) is 3. The Morgan fingerprint density at radius 2 is 1.62 bits per heavy atom. The van der Waals surface area contributed by atoms with Gasteiger partial charge in [0.2, 0.25) is 0 Å². The molecule has 0 aliphatic rings. The molecule has 0 spiro atoms. The standard InChI is InChI=1S/C30H34N2O2/c1-21-10-15-27-24(16-21)17-25(29(34)31-27)19-32(28(20-33)23-8-6-5-7-9-23)18-22-11-13-26(14-12-22)30(2,3)4/h5-17,28,33H,18-20H2,1-4H3,(H,31,34)/t28-/m1/s1. The average molecular weight is 455 g/mol. The number of benzene rings is 3. The number of rotatable bonds is 7. The smallest absolute Gasteiger partial charge is 0.252 e. The van der Waals surface area contributed by atoms with Gasteiger partial charge < -0.3 is 10.1 Å². The summed E-state index contributed by atoms with van der Waals surface area (Å²) in [6, 6.07) is 26.5. The van der Waals surface area contributed by atoms with Gasteiger partial charge in [0.05, 0.1) is 12.6 Å². The minimum Gasteiger partial charge on any atom is -0.394 e. The molecule has 4 aromatic rings. The van der Waals surface area contributed by atoms with Crippen LogP contribution >= 0.6 is 0 Å². The molecule has 1 heterocycles. The maximum atomic E-state index is 13.0. The predicted octanol–water partition coefficient (Wildman–Crippen LogP) is 5.87. The quantitative estimate of drug-likeness (QED) is 0.367. The molecule has 0 aliphatic heterocycles. The molecule has 1 aromatic heterocycles. The van der Waals surface area contributed by atoms with Gasteiger partial charge in [0.15, 0.2) is 0 Å². The first-order valence-electron chi connectivity index (χ1n) is 11.9. The summed E-state index contributed by atoms with van der Waals surface area (Å²) in [6.45, 7) is 9.69. The van der Waals surface area contributed by atoms with Crippen molar-refractivity contribution in [2.24, 2.45) is 0 Å². The van der Waals surface area contributed by atoms with Gasteiger partial charge in [-0.3, -0.25) is 9.69 Å². The Hall–Kier alpha value is -3.21. The number of fused-ring (bicyclic) bond motifs is 1. The summed E-state index contributed by atoms with van der Waals surface area (Å²) in [4.78, 5) is 18.2. The van der Waals surface area contributed by atoms with Crippen LogP contribution in [-0.2, 0) is 18.5 Å². The zero-order chi connectivity index (χ0) is 24.3. The van der Waals surface area contributed by atoms with E-state index in [1.165, 1.54) is 5.56 Å². The lowest BCUT2D eigenvalue weighted by molar-refractivity contribution is 0.109. The van der Waals surface area contributed by atoms with Gasteiger partial charge in [0, 0.05) is 24.2 Å². The van der Waals surface area contributed by atoms with Crippen molar-refractivity contribution in [2.75, 3.05) is 6.61 Å². The molecule has 0 amide bonds. The SMILES string of the molecule is Cc1ccc2[nH]c(=O)c(CN(Cc3ccc(C(C)(C)C)cc3)[C@H](CO)c3ccccc3)cc2c1. The topological polar surface area (TPSA) is 56.3 Å². The van der Waals surface area contributed by atoms with Gasteiger partial charge in [-0.15, -0.1) is 0 Å². The summed E-state index contributed by atoms with van der Waals surface area (Å²) >= 11 is 0. The van der Waals surface area contributed by atoms with Crippen LogP contribution in [0, 0.1) is 6.92 Å². The van der Waals surface area contributed by atoms with Crippen LogP contribution in [0.4, 0.5) is 0 Å². The molecule has 0 bridgehead atoms. The summed E-state index contributed by atoms with van der Waals surface area (Å²) in [7, 11) is 0. The van der Waals surface area contributed by atoms with E-state index in [2.05, 4.69) is 67.9 Å². The van der Waals surface area contributed by atoms with Crippen molar-refractivity contribution in [3.8, 4) is 0 Å². The molecule has 4 nitrogen and oxygen atoms in total. The van der Waals surface area contributed by atoms with Gasteiger partial charge in [-0.25, -0.2) is 0 Å². The van der Waals surface area contributed by atoms with Crippen LogP contribution < -0.4 is 5.56 Å². The maximum absolute atomic E-state index is 13.0. The van der Waals surface area contributed by atoms with Crippen molar-refractivity contribution in [1.82, 2.24) is 9.88 Å². The number of aliphatic hydroxyl groups excluding tert-OH is 1. The fourth-order valence-corrected chi connectivity index (χ4v) is 4.44.